The fraction of sp³-hybridized carbons (Fsp3) is 0.567. The summed E-state index contributed by atoms with van der Waals surface area (Å²) in [5.74, 6) is 0.374. The molecule has 2 aliphatic heterocycles. The smallest absolute Gasteiger partial charge is 0.409 e. The molecule has 1 amide bonds. The van der Waals surface area contributed by atoms with Gasteiger partial charge in [0.15, 0.2) is 6.29 Å². The van der Waals surface area contributed by atoms with Gasteiger partial charge < -0.3 is 35.5 Å². The van der Waals surface area contributed by atoms with E-state index in [9.17, 15) is 18.3 Å². The van der Waals surface area contributed by atoms with Crippen molar-refractivity contribution in [3.8, 4) is 5.75 Å². The van der Waals surface area contributed by atoms with Crippen LogP contribution in [-0.2, 0) is 36.9 Å². The Morgan fingerprint density at radius 1 is 1.12 bits per heavy atom. The Balaban J connectivity index is 1.67. The topological polar surface area (TPSA) is 172 Å². The third kappa shape index (κ3) is 6.58. The molecule has 4 rings (SSSR count). The summed E-state index contributed by atoms with van der Waals surface area (Å²) in [5, 5.41) is 14.4. The number of hydrogen-bond acceptors (Lipinski definition) is 10. The van der Waals surface area contributed by atoms with E-state index in [4.69, 9.17) is 30.4 Å². The Kier molecular flexibility index (Phi) is 9.56. The van der Waals surface area contributed by atoms with Crippen LogP contribution in [-0.4, -0.2) is 69.5 Å². The van der Waals surface area contributed by atoms with Crippen LogP contribution >= 0.6 is 0 Å². The van der Waals surface area contributed by atoms with E-state index >= 15 is 0 Å². The lowest BCUT2D eigenvalue weighted by atomic mass is 9.82. The van der Waals surface area contributed by atoms with Crippen molar-refractivity contribution in [2.45, 2.75) is 74.3 Å². The number of nitrogens with two attached hydrogens (primary N) is 2. The number of ether oxygens (including phenoxy) is 4. The lowest BCUT2D eigenvalue weighted by Gasteiger charge is -2.42. The van der Waals surface area contributed by atoms with Gasteiger partial charge in [0.05, 0.1) is 31.1 Å². The maximum atomic E-state index is 14.2. The third-order valence-corrected chi connectivity index (χ3v) is 10.6. The molecule has 2 aliphatic rings. The number of alkyl carbamates (subject to hydrolysis) is 1. The van der Waals surface area contributed by atoms with Crippen molar-refractivity contribution in [1.29, 1.82) is 0 Å². The summed E-state index contributed by atoms with van der Waals surface area (Å²) in [6.45, 7) is 6.26. The van der Waals surface area contributed by atoms with Crippen molar-refractivity contribution in [2.24, 2.45) is 22.8 Å². The van der Waals surface area contributed by atoms with Gasteiger partial charge in [-0.3, -0.25) is 5.32 Å². The summed E-state index contributed by atoms with van der Waals surface area (Å²) < 4.78 is 50.6. The second-order valence-corrected chi connectivity index (χ2v) is 14.3. The minimum Gasteiger partial charge on any atom is -0.496 e. The average molecular weight is 606 g/mol. The van der Waals surface area contributed by atoms with Crippen LogP contribution in [0.25, 0.3) is 0 Å². The molecule has 2 fully saturated rings. The number of sulfone groups is 1. The minimum atomic E-state index is -4.58. The molecule has 5 atom stereocenters. The highest BCUT2D eigenvalue weighted by Gasteiger charge is 2.56. The van der Waals surface area contributed by atoms with Crippen LogP contribution in [0.3, 0.4) is 0 Å². The number of amides is 1. The van der Waals surface area contributed by atoms with E-state index < -0.39 is 38.9 Å². The van der Waals surface area contributed by atoms with Crippen LogP contribution in [0.2, 0.25) is 0 Å². The Hall–Kier alpha value is -2.74. The molecule has 232 valence electrons. The van der Waals surface area contributed by atoms with Crippen LogP contribution in [0, 0.1) is 11.3 Å². The standard InChI is InChI=1S/C30H43N3O8S/c1-28(2,13-14-31)18-21-16-22(10-11-24(21)38-4)42(36,37)29(3,35)30(32,17-20-8-6-5-7-9-20)33-27(34)41-25-19-40-26-23(25)12-15-39-26/h5-11,16,23,25-26,35H,12-15,17-19,31-32H2,1-4H3,(H,33,34)/t23-,25-,26+,29-,30+/m1/s1. The first-order valence-corrected chi connectivity index (χ1v) is 15.6. The average Bonchev–Trinajstić information content (AvgIpc) is 3.54. The van der Waals surface area contributed by atoms with E-state index in [1.807, 2.05) is 13.8 Å². The lowest BCUT2D eigenvalue weighted by Crippen LogP contribution is -2.73. The van der Waals surface area contributed by atoms with Gasteiger partial charge in [0.2, 0.25) is 14.8 Å². The van der Waals surface area contributed by atoms with E-state index in [-0.39, 0.29) is 29.3 Å². The molecule has 6 N–H and O–H groups in total. The lowest BCUT2D eigenvalue weighted by molar-refractivity contribution is -0.0907. The normalized spacial score (nSPS) is 23.5. The van der Waals surface area contributed by atoms with Gasteiger partial charge in [-0.25, -0.2) is 13.2 Å². The number of methoxy groups -OCH3 is 1. The number of nitrogens with one attached hydrogen (secondary N) is 1. The first-order valence-electron chi connectivity index (χ1n) is 14.1. The molecule has 0 bridgehead atoms. The zero-order valence-corrected chi connectivity index (χ0v) is 25.5. The molecule has 2 aromatic rings. The molecule has 0 aromatic heterocycles. The molecule has 0 spiro atoms. The summed E-state index contributed by atoms with van der Waals surface area (Å²) in [7, 11) is -3.07. The van der Waals surface area contributed by atoms with E-state index in [0.29, 0.717) is 49.3 Å². The predicted octanol–water partition coefficient (Wildman–Crippen LogP) is 2.48. The van der Waals surface area contributed by atoms with E-state index in [2.05, 4.69) is 5.32 Å². The van der Waals surface area contributed by atoms with Crippen LogP contribution in [0.15, 0.2) is 53.4 Å². The van der Waals surface area contributed by atoms with Crippen molar-refractivity contribution < 1.29 is 37.3 Å². The monoisotopic (exact) mass is 605 g/mol. The molecule has 0 radical (unpaired) electrons. The van der Waals surface area contributed by atoms with Crippen molar-refractivity contribution in [3.63, 3.8) is 0 Å². The first-order chi connectivity index (χ1) is 19.7. The number of fused-ring (bicyclic) bond motifs is 1. The molecule has 12 heteroatoms. The second-order valence-electron chi connectivity index (χ2n) is 12.1. The van der Waals surface area contributed by atoms with Gasteiger partial charge in [-0.2, -0.15) is 0 Å². The maximum absolute atomic E-state index is 14.2. The molecule has 0 saturated carbocycles. The second kappa shape index (κ2) is 12.5. The highest BCUT2D eigenvalue weighted by Crippen LogP contribution is 2.38. The highest BCUT2D eigenvalue weighted by molar-refractivity contribution is 7.92. The molecule has 42 heavy (non-hydrogen) atoms. The molecule has 0 unspecified atom stereocenters. The molecule has 2 heterocycles. The largest absolute Gasteiger partial charge is 0.496 e. The number of hydrogen-bond donors (Lipinski definition) is 4. The van der Waals surface area contributed by atoms with Crippen molar-refractivity contribution in [2.75, 3.05) is 26.9 Å². The molecular weight excluding hydrogens is 562 g/mol. The zero-order chi connectivity index (χ0) is 30.8. The molecular formula is C30H43N3O8S. The minimum absolute atomic E-state index is 0.137. The molecule has 2 saturated heterocycles. The third-order valence-electron chi connectivity index (χ3n) is 8.30. The number of carbonyl (C=O) groups excluding carboxylic acids is 1. The number of carbonyl (C=O) groups is 1. The Morgan fingerprint density at radius 2 is 1.83 bits per heavy atom. The SMILES string of the molecule is COc1ccc(S(=O)(=O)[C@@](C)(O)[C@](N)(Cc2ccccc2)NC(=O)O[C@@H]2CO[C@@H]3OCC[C@@H]32)cc1CC(C)(C)CCN. The highest BCUT2D eigenvalue weighted by atomic mass is 32.2. The summed E-state index contributed by atoms with van der Waals surface area (Å²) in [6, 6.07) is 13.2. The van der Waals surface area contributed by atoms with E-state index in [1.165, 1.54) is 19.2 Å². The van der Waals surface area contributed by atoms with Crippen LogP contribution < -0.4 is 21.5 Å². The van der Waals surface area contributed by atoms with Crippen LogP contribution in [0.5, 0.6) is 5.75 Å². The van der Waals surface area contributed by atoms with Gasteiger partial charge in [0.25, 0.3) is 0 Å². The fourth-order valence-electron chi connectivity index (χ4n) is 5.66. The first kappa shape index (κ1) is 32.2. The molecule has 11 nitrogen and oxygen atoms in total. The number of benzene rings is 2. The van der Waals surface area contributed by atoms with Crippen molar-refractivity contribution in [3.05, 3.63) is 59.7 Å². The van der Waals surface area contributed by atoms with Gasteiger partial charge >= 0.3 is 6.09 Å². The maximum Gasteiger partial charge on any atom is 0.409 e. The zero-order valence-electron chi connectivity index (χ0n) is 24.7. The molecule has 2 aromatic carbocycles. The number of rotatable bonds is 12. The summed E-state index contributed by atoms with van der Waals surface area (Å²) in [5.41, 5.74) is 11.3. The summed E-state index contributed by atoms with van der Waals surface area (Å²) in [6.07, 6.45) is -0.370. The van der Waals surface area contributed by atoms with Gasteiger partial charge in [-0.1, -0.05) is 44.2 Å². The Labute approximate surface area is 247 Å². The fourth-order valence-corrected chi connectivity index (χ4v) is 7.27. The molecule has 0 aliphatic carbocycles. The van der Waals surface area contributed by atoms with E-state index in [0.717, 1.165) is 6.92 Å². The Bertz CT molecular complexity index is 1350. The Morgan fingerprint density at radius 3 is 2.50 bits per heavy atom. The van der Waals surface area contributed by atoms with Gasteiger partial charge in [0, 0.05) is 6.42 Å². The van der Waals surface area contributed by atoms with Crippen molar-refractivity contribution in [1.82, 2.24) is 5.32 Å². The van der Waals surface area contributed by atoms with E-state index in [1.54, 1.807) is 36.4 Å². The van der Waals surface area contributed by atoms with Crippen LogP contribution in [0.4, 0.5) is 4.79 Å². The summed E-state index contributed by atoms with van der Waals surface area (Å²) >= 11 is 0. The summed E-state index contributed by atoms with van der Waals surface area (Å²) in [4.78, 5) is 10.4. The number of aliphatic hydroxyl groups is 1. The van der Waals surface area contributed by atoms with Gasteiger partial charge in [0.1, 0.15) is 17.5 Å². The van der Waals surface area contributed by atoms with Crippen molar-refractivity contribution >= 4 is 15.9 Å². The predicted molar refractivity (Wildman–Crippen MR) is 156 cm³/mol. The van der Waals surface area contributed by atoms with Gasteiger partial charge in [-0.05, 0) is 67.5 Å². The van der Waals surface area contributed by atoms with Gasteiger partial charge in [-0.15, -0.1) is 0 Å². The quantitative estimate of drug-likeness (QED) is 0.263. The van der Waals surface area contributed by atoms with Crippen LogP contribution in [0.1, 0.15) is 44.7 Å².